The summed E-state index contributed by atoms with van der Waals surface area (Å²) in [5.41, 5.74) is 1.17. The molecule has 0 saturated carbocycles. The van der Waals surface area contributed by atoms with Gasteiger partial charge in [0, 0.05) is 24.4 Å². The maximum absolute atomic E-state index is 11.6. The summed E-state index contributed by atoms with van der Waals surface area (Å²) in [4.78, 5) is 22.2. The standard InChI is InChI=1S/C12H14N2O2/c1-9(8-13-10(2)15)12(16)14-11-6-4-3-5-7-11/h3-8H,1-2H3,(H,13,15)(H,14,16). The Bertz CT molecular complexity index is 410. The second-order valence-corrected chi connectivity index (χ2v) is 3.35. The first-order valence-electron chi connectivity index (χ1n) is 4.90. The molecule has 0 unspecified atom stereocenters. The number of hydrogen-bond acceptors (Lipinski definition) is 2. The van der Waals surface area contributed by atoms with Crippen molar-refractivity contribution in [3.63, 3.8) is 0 Å². The number of benzene rings is 1. The van der Waals surface area contributed by atoms with E-state index in [4.69, 9.17) is 0 Å². The molecule has 0 radical (unpaired) electrons. The molecule has 0 bridgehead atoms. The molecule has 0 saturated heterocycles. The van der Waals surface area contributed by atoms with Crippen LogP contribution in [-0.2, 0) is 9.59 Å². The summed E-state index contributed by atoms with van der Waals surface area (Å²) in [6, 6.07) is 9.13. The summed E-state index contributed by atoms with van der Waals surface area (Å²) in [6.45, 7) is 3.02. The predicted octanol–water partition coefficient (Wildman–Crippen LogP) is 1.67. The molecule has 0 atom stereocenters. The van der Waals surface area contributed by atoms with Gasteiger partial charge in [0.15, 0.2) is 0 Å². The van der Waals surface area contributed by atoms with Crippen LogP contribution in [0.3, 0.4) is 0 Å². The van der Waals surface area contributed by atoms with Gasteiger partial charge in [-0.25, -0.2) is 0 Å². The van der Waals surface area contributed by atoms with E-state index in [0.717, 1.165) is 5.69 Å². The van der Waals surface area contributed by atoms with Crippen LogP contribution < -0.4 is 10.6 Å². The van der Waals surface area contributed by atoms with Crippen LogP contribution in [0, 0.1) is 0 Å². The van der Waals surface area contributed by atoms with Crippen molar-refractivity contribution in [2.75, 3.05) is 5.32 Å². The van der Waals surface area contributed by atoms with E-state index in [1.54, 1.807) is 19.1 Å². The molecule has 0 aliphatic heterocycles. The molecule has 1 aromatic carbocycles. The first-order valence-corrected chi connectivity index (χ1v) is 4.90. The third kappa shape index (κ3) is 3.96. The Balaban J connectivity index is 2.59. The Labute approximate surface area is 94.4 Å². The smallest absolute Gasteiger partial charge is 0.252 e. The minimum absolute atomic E-state index is 0.202. The highest BCUT2D eigenvalue weighted by atomic mass is 16.2. The normalized spacial score (nSPS) is 10.8. The van der Waals surface area contributed by atoms with Gasteiger partial charge in [-0.2, -0.15) is 0 Å². The van der Waals surface area contributed by atoms with Crippen molar-refractivity contribution in [3.8, 4) is 0 Å². The lowest BCUT2D eigenvalue weighted by atomic mass is 10.2. The average Bonchev–Trinajstić information content (AvgIpc) is 2.27. The number of amides is 2. The lowest BCUT2D eigenvalue weighted by molar-refractivity contribution is -0.118. The zero-order chi connectivity index (χ0) is 12.0. The fraction of sp³-hybridized carbons (Fsp3) is 0.167. The lowest BCUT2D eigenvalue weighted by Gasteiger charge is -2.04. The van der Waals surface area contributed by atoms with Gasteiger partial charge in [-0.05, 0) is 19.1 Å². The van der Waals surface area contributed by atoms with E-state index in [1.807, 2.05) is 18.2 Å². The Morgan fingerprint density at radius 3 is 2.31 bits per heavy atom. The van der Waals surface area contributed by atoms with Crippen molar-refractivity contribution in [2.45, 2.75) is 13.8 Å². The zero-order valence-corrected chi connectivity index (χ0v) is 9.28. The minimum atomic E-state index is -0.236. The summed E-state index contributed by atoms with van der Waals surface area (Å²) >= 11 is 0. The van der Waals surface area contributed by atoms with E-state index < -0.39 is 0 Å². The quantitative estimate of drug-likeness (QED) is 0.758. The van der Waals surface area contributed by atoms with E-state index >= 15 is 0 Å². The number of nitrogens with one attached hydrogen (secondary N) is 2. The van der Waals surface area contributed by atoms with Gasteiger partial charge in [-0.3, -0.25) is 9.59 Å². The number of para-hydroxylation sites is 1. The van der Waals surface area contributed by atoms with E-state index in [2.05, 4.69) is 10.6 Å². The van der Waals surface area contributed by atoms with Gasteiger partial charge in [-0.1, -0.05) is 18.2 Å². The molecule has 1 rings (SSSR count). The SMILES string of the molecule is CC(=O)NC=C(C)C(=O)Nc1ccccc1. The number of carbonyl (C=O) groups is 2. The van der Waals surface area contributed by atoms with Crippen LogP contribution in [0.25, 0.3) is 0 Å². The number of anilines is 1. The van der Waals surface area contributed by atoms with Crippen LogP contribution in [0.4, 0.5) is 5.69 Å². The van der Waals surface area contributed by atoms with Crippen LogP contribution in [0.2, 0.25) is 0 Å². The van der Waals surface area contributed by atoms with Crippen molar-refractivity contribution in [1.29, 1.82) is 0 Å². The summed E-state index contributed by atoms with van der Waals surface area (Å²) in [5.74, 6) is -0.438. The summed E-state index contributed by atoms with van der Waals surface area (Å²) in [6.07, 6.45) is 1.39. The van der Waals surface area contributed by atoms with Crippen LogP contribution in [0.15, 0.2) is 42.1 Å². The van der Waals surface area contributed by atoms with E-state index in [-0.39, 0.29) is 11.8 Å². The van der Waals surface area contributed by atoms with Crippen molar-refractivity contribution >= 4 is 17.5 Å². The molecule has 0 aliphatic carbocycles. The summed E-state index contributed by atoms with van der Waals surface area (Å²) < 4.78 is 0. The molecule has 0 spiro atoms. The third-order valence-corrected chi connectivity index (χ3v) is 1.88. The highest BCUT2D eigenvalue weighted by molar-refractivity contribution is 6.03. The molecule has 0 fully saturated rings. The van der Waals surface area contributed by atoms with Gasteiger partial charge < -0.3 is 10.6 Å². The van der Waals surface area contributed by atoms with Gasteiger partial charge in [0.2, 0.25) is 5.91 Å². The molecule has 1 aromatic rings. The van der Waals surface area contributed by atoms with Crippen LogP contribution in [-0.4, -0.2) is 11.8 Å². The molecule has 2 amide bonds. The first kappa shape index (κ1) is 12.0. The van der Waals surface area contributed by atoms with Crippen molar-refractivity contribution in [2.24, 2.45) is 0 Å². The highest BCUT2D eigenvalue weighted by Crippen LogP contribution is 2.06. The van der Waals surface area contributed by atoms with Gasteiger partial charge in [0.05, 0.1) is 0 Å². The Morgan fingerprint density at radius 2 is 1.75 bits per heavy atom. The second-order valence-electron chi connectivity index (χ2n) is 3.35. The molecular formula is C12H14N2O2. The van der Waals surface area contributed by atoms with Gasteiger partial charge >= 0.3 is 0 Å². The fourth-order valence-electron chi connectivity index (χ4n) is 1.03. The molecule has 0 aliphatic rings. The molecule has 0 aromatic heterocycles. The van der Waals surface area contributed by atoms with Gasteiger partial charge in [0.25, 0.3) is 5.91 Å². The zero-order valence-electron chi connectivity index (χ0n) is 9.28. The minimum Gasteiger partial charge on any atom is -0.332 e. The molecular weight excluding hydrogens is 204 g/mol. The average molecular weight is 218 g/mol. The fourth-order valence-corrected chi connectivity index (χ4v) is 1.03. The van der Waals surface area contributed by atoms with Crippen LogP contribution >= 0.6 is 0 Å². The van der Waals surface area contributed by atoms with Crippen LogP contribution in [0.5, 0.6) is 0 Å². The lowest BCUT2D eigenvalue weighted by Crippen LogP contribution is -2.18. The molecule has 4 nitrogen and oxygen atoms in total. The van der Waals surface area contributed by atoms with Gasteiger partial charge in [-0.15, -0.1) is 0 Å². The van der Waals surface area contributed by atoms with Gasteiger partial charge in [0.1, 0.15) is 0 Å². The number of carbonyl (C=O) groups excluding carboxylic acids is 2. The monoisotopic (exact) mass is 218 g/mol. The molecule has 0 heterocycles. The Morgan fingerprint density at radius 1 is 1.12 bits per heavy atom. The number of rotatable bonds is 3. The maximum atomic E-state index is 11.6. The topological polar surface area (TPSA) is 58.2 Å². The Hall–Kier alpha value is -2.10. The summed E-state index contributed by atoms with van der Waals surface area (Å²) in [7, 11) is 0. The summed E-state index contributed by atoms with van der Waals surface area (Å²) in [5, 5.41) is 5.16. The van der Waals surface area contributed by atoms with E-state index in [0.29, 0.717) is 5.57 Å². The van der Waals surface area contributed by atoms with E-state index in [1.165, 1.54) is 13.1 Å². The third-order valence-electron chi connectivity index (χ3n) is 1.88. The molecule has 4 heteroatoms. The maximum Gasteiger partial charge on any atom is 0.252 e. The second kappa shape index (κ2) is 5.70. The van der Waals surface area contributed by atoms with Crippen molar-refractivity contribution in [1.82, 2.24) is 5.32 Å². The van der Waals surface area contributed by atoms with Crippen molar-refractivity contribution < 1.29 is 9.59 Å². The van der Waals surface area contributed by atoms with Crippen LogP contribution in [0.1, 0.15) is 13.8 Å². The molecule has 2 N–H and O–H groups in total. The highest BCUT2D eigenvalue weighted by Gasteiger charge is 2.03. The van der Waals surface area contributed by atoms with Crippen molar-refractivity contribution in [3.05, 3.63) is 42.1 Å². The van der Waals surface area contributed by atoms with E-state index in [9.17, 15) is 9.59 Å². The molecule has 84 valence electrons. The first-order chi connectivity index (χ1) is 7.59. The predicted molar refractivity (Wildman–Crippen MR) is 62.6 cm³/mol. The largest absolute Gasteiger partial charge is 0.332 e. The Kier molecular flexibility index (Phi) is 4.27. The molecule has 16 heavy (non-hydrogen) atoms. The number of hydrogen-bond donors (Lipinski definition) is 2.